The average Bonchev–Trinajstić information content (AvgIpc) is 3.38. The lowest BCUT2D eigenvalue weighted by atomic mass is 9.86. The van der Waals surface area contributed by atoms with E-state index in [1.165, 1.54) is 9.21 Å². The minimum absolute atomic E-state index is 0.0950. The molecule has 0 atom stereocenters. The number of hydrogen-bond acceptors (Lipinski definition) is 4. The molecule has 32 heavy (non-hydrogen) atoms. The summed E-state index contributed by atoms with van der Waals surface area (Å²) in [6.45, 7) is 4.98. The summed E-state index contributed by atoms with van der Waals surface area (Å²) < 4.78 is 27.5. The van der Waals surface area contributed by atoms with Gasteiger partial charge in [-0.15, -0.1) is 0 Å². The summed E-state index contributed by atoms with van der Waals surface area (Å²) in [5.41, 5.74) is 1.46. The smallest absolute Gasteiger partial charge is 0.243 e. The van der Waals surface area contributed by atoms with Crippen LogP contribution in [0.15, 0.2) is 53.4 Å². The molecule has 2 amide bonds. The maximum Gasteiger partial charge on any atom is 0.243 e. The molecule has 170 valence electrons. The molecule has 0 bridgehead atoms. The van der Waals surface area contributed by atoms with Gasteiger partial charge in [0.2, 0.25) is 21.8 Å². The Bertz CT molecular complexity index is 1120. The number of hydrogen-bond donors (Lipinski definition) is 1. The standard InChI is InChI=1S/C24H29N3O4S/c1-24(2)20-16-19(32(30,31)26-14-6-7-15-26)10-11-21(20)27(23(24)29)17-22(28)25-13-12-18-8-4-3-5-9-18/h3-5,8-11,16H,6-7,12-15,17H2,1-2H3,(H,25,28). The fourth-order valence-corrected chi connectivity index (χ4v) is 5.94. The van der Waals surface area contributed by atoms with Crippen LogP contribution in [0.5, 0.6) is 0 Å². The first-order valence-electron chi connectivity index (χ1n) is 11.0. The Morgan fingerprint density at radius 2 is 1.75 bits per heavy atom. The summed E-state index contributed by atoms with van der Waals surface area (Å²) in [6, 6.07) is 14.7. The van der Waals surface area contributed by atoms with Crippen molar-refractivity contribution in [2.24, 2.45) is 0 Å². The average molecular weight is 456 g/mol. The normalized spacial score (nSPS) is 18.1. The monoisotopic (exact) mass is 455 g/mol. The van der Waals surface area contributed by atoms with Gasteiger partial charge in [-0.3, -0.25) is 9.59 Å². The minimum atomic E-state index is -3.58. The second-order valence-electron chi connectivity index (χ2n) is 8.89. The molecule has 0 aliphatic carbocycles. The predicted molar refractivity (Wildman–Crippen MR) is 123 cm³/mol. The third kappa shape index (κ3) is 4.17. The molecule has 7 nitrogen and oxygen atoms in total. The van der Waals surface area contributed by atoms with Gasteiger partial charge in [0.15, 0.2) is 0 Å². The molecule has 2 aromatic rings. The lowest BCUT2D eigenvalue weighted by Crippen LogP contribution is -2.43. The van der Waals surface area contributed by atoms with Crippen molar-refractivity contribution in [2.45, 2.75) is 43.4 Å². The highest BCUT2D eigenvalue weighted by Crippen LogP contribution is 2.42. The molecule has 1 saturated heterocycles. The van der Waals surface area contributed by atoms with Gasteiger partial charge in [-0.2, -0.15) is 4.31 Å². The Kier molecular flexibility index (Phi) is 6.09. The van der Waals surface area contributed by atoms with Crippen LogP contribution in [0.4, 0.5) is 5.69 Å². The molecule has 8 heteroatoms. The molecule has 0 aromatic heterocycles. The van der Waals surface area contributed by atoms with E-state index in [0.717, 1.165) is 18.4 Å². The van der Waals surface area contributed by atoms with Gasteiger partial charge >= 0.3 is 0 Å². The molecule has 4 rings (SSSR count). The molecular formula is C24H29N3O4S. The van der Waals surface area contributed by atoms with Gasteiger partial charge in [0.1, 0.15) is 6.54 Å². The summed E-state index contributed by atoms with van der Waals surface area (Å²) in [6.07, 6.45) is 2.43. The van der Waals surface area contributed by atoms with E-state index in [-0.39, 0.29) is 23.3 Å². The van der Waals surface area contributed by atoms with Crippen LogP contribution in [0.2, 0.25) is 0 Å². The molecule has 0 spiro atoms. The molecule has 2 aliphatic rings. The minimum Gasteiger partial charge on any atom is -0.354 e. The molecule has 2 heterocycles. The van der Waals surface area contributed by atoms with Crippen LogP contribution >= 0.6 is 0 Å². The molecule has 1 fully saturated rings. The Hall–Kier alpha value is -2.71. The first-order valence-corrected chi connectivity index (χ1v) is 12.4. The van der Waals surface area contributed by atoms with Crippen LogP contribution in [0.25, 0.3) is 0 Å². The fourth-order valence-electron chi connectivity index (χ4n) is 4.40. The highest BCUT2D eigenvalue weighted by atomic mass is 32.2. The van der Waals surface area contributed by atoms with E-state index in [0.29, 0.717) is 37.3 Å². The van der Waals surface area contributed by atoms with Crippen LogP contribution in [0, 0.1) is 0 Å². The van der Waals surface area contributed by atoms with Crippen molar-refractivity contribution in [1.82, 2.24) is 9.62 Å². The Balaban J connectivity index is 1.49. The summed E-state index contributed by atoms with van der Waals surface area (Å²) in [5.74, 6) is -0.451. The summed E-state index contributed by atoms with van der Waals surface area (Å²) in [4.78, 5) is 27.3. The van der Waals surface area contributed by atoms with Crippen molar-refractivity contribution < 1.29 is 18.0 Å². The first kappa shape index (κ1) is 22.5. The number of carbonyl (C=O) groups excluding carboxylic acids is 2. The van der Waals surface area contributed by atoms with Crippen LogP contribution in [0.3, 0.4) is 0 Å². The number of nitrogens with one attached hydrogen (secondary N) is 1. The number of benzene rings is 2. The van der Waals surface area contributed by atoms with Gasteiger partial charge in [0, 0.05) is 25.3 Å². The van der Waals surface area contributed by atoms with Crippen molar-refractivity contribution in [3.63, 3.8) is 0 Å². The SMILES string of the molecule is CC1(C)C(=O)N(CC(=O)NCCc2ccccc2)c2ccc(S(=O)(=O)N3CCCC3)cc21. The number of fused-ring (bicyclic) bond motifs is 1. The number of anilines is 1. The van der Waals surface area contributed by atoms with E-state index < -0.39 is 15.4 Å². The Morgan fingerprint density at radius 1 is 1.06 bits per heavy atom. The van der Waals surface area contributed by atoms with E-state index in [2.05, 4.69) is 5.32 Å². The zero-order chi connectivity index (χ0) is 22.9. The number of nitrogens with zero attached hydrogens (tertiary/aromatic N) is 2. The maximum atomic E-state index is 13.1. The maximum absolute atomic E-state index is 13.1. The second-order valence-corrected chi connectivity index (χ2v) is 10.8. The van der Waals surface area contributed by atoms with Crippen molar-refractivity contribution >= 4 is 27.5 Å². The van der Waals surface area contributed by atoms with Crippen LogP contribution in [-0.4, -0.2) is 50.7 Å². The van der Waals surface area contributed by atoms with E-state index in [1.807, 2.05) is 30.3 Å². The molecule has 0 radical (unpaired) electrons. The fraction of sp³-hybridized carbons (Fsp3) is 0.417. The van der Waals surface area contributed by atoms with Crippen molar-refractivity contribution in [3.05, 3.63) is 59.7 Å². The van der Waals surface area contributed by atoms with E-state index in [9.17, 15) is 18.0 Å². The summed E-state index contributed by atoms with van der Waals surface area (Å²) in [7, 11) is -3.58. The largest absolute Gasteiger partial charge is 0.354 e. The van der Waals surface area contributed by atoms with Crippen molar-refractivity contribution in [3.8, 4) is 0 Å². The highest BCUT2D eigenvalue weighted by molar-refractivity contribution is 7.89. The van der Waals surface area contributed by atoms with Crippen molar-refractivity contribution in [1.29, 1.82) is 0 Å². The molecular weight excluding hydrogens is 426 g/mol. The van der Waals surface area contributed by atoms with Gasteiger partial charge < -0.3 is 10.2 Å². The lowest BCUT2D eigenvalue weighted by molar-refractivity contribution is -0.125. The van der Waals surface area contributed by atoms with Crippen LogP contribution in [-0.2, 0) is 31.4 Å². The predicted octanol–water partition coefficient (Wildman–Crippen LogP) is 2.45. The third-order valence-corrected chi connectivity index (χ3v) is 8.19. The van der Waals surface area contributed by atoms with Gasteiger partial charge in [0.05, 0.1) is 10.3 Å². The van der Waals surface area contributed by atoms with Gasteiger partial charge in [-0.05, 0) is 62.4 Å². The topological polar surface area (TPSA) is 86.8 Å². The van der Waals surface area contributed by atoms with E-state index in [4.69, 9.17) is 0 Å². The number of carbonyl (C=O) groups is 2. The molecule has 2 aromatic carbocycles. The van der Waals surface area contributed by atoms with Crippen molar-refractivity contribution in [2.75, 3.05) is 31.1 Å². The van der Waals surface area contributed by atoms with E-state index >= 15 is 0 Å². The van der Waals surface area contributed by atoms with Gasteiger partial charge in [-0.25, -0.2) is 8.42 Å². The molecule has 2 aliphatic heterocycles. The van der Waals surface area contributed by atoms with Crippen LogP contribution < -0.4 is 10.2 Å². The second kappa shape index (κ2) is 8.67. The molecule has 0 saturated carbocycles. The zero-order valence-electron chi connectivity index (χ0n) is 18.5. The number of rotatable bonds is 7. The zero-order valence-corrected chi connectivity index (χ0v) is 19.3. The number of sulfonamides is 1. The molecule has 0 unspecified atom stereocenters. The molecule has 1 N–H and O–H groups in total. The Morgan fingerprint density at radius 3 is 2.44 bits per heavy atom. The lowest BCUT2D eigenvalue weighted by Gasteiger charge is -2.20. The summed E-state index contributed by atoms with van der Waals surface area (Å²) in [5, 5.41) is 2.87. The number of amides is 2. The highest BCUT2D eigenvalue weighted by Gasteiger charge is 2.45. The summed E-state index contributed by atoms with van der Waals surface area (Å²) >= 11 is 0. The van der Waals surface area contributed by atoms with Crippen LogP contribution in [0.1, 0.15) is 37.8 Å². The van der Waals surface area contributed by atoms with E-state index in [1.54, 1.807) is 32.0 Å². The third-order valence-electron chi connectivity index (χ3n) is 6.30. The van der Waals surface area contributed by atoms with Gasteiger partial charge in [-0.1, -0.05) is 30.3 Å². The Labute approximate surface area is 189 Å². The first-order chi connectivity index (χ1) is 15.2. The quantitative estimate of drug-likeness (QED) is 0.695. The van der Waals surface area contributed by atoms with Gasteiger partial charge in [0.25, 0.3) is 0 Å².